The van der Waals surface area contributed by atoms with Gasteiger partial charge >= 0.3 is 0 Å². The quantitative estimate of drug-likeness (QED) is 0.556. The summed E-state index contributed by atoms with van der Waals surface area (Å²) >= 11 is 0. The molecule has 6 nitrogen and oxygen atoms in total. The molecule has 1 saturated heterocycles. The summed E-state index contributed by atoms with van der Waals surface area (Å²) in [6.07, 6.45) is 8.49. The highest BCUT2D eigenvalue weighted by atomic mass is 32.2. The fraction of sp³-hybridized carbons (Fsp3) is 0.682. The molecule has 1 aromatic rings. The molecule has 29 heavy (non-hydrogen) atoms. The molecule has 0 bridgehead atoms. The third kappa shape index (κ3) is 7.39. The summed E-state index contributed by atoms with van der Waals surface area (Å²) in [5.41, 5.74) is 0.975. The van der Waals surface area contributed by atoms with Crippen LogP contribution in [0.25, 0.3) is 0 Å². The van der Waals surface area contributed by atoms with E-state index in [-0.39, 0.29) is 5.91 Å². The molecule has 0 radical (unpaired) electrons. The van der Waals surface area contributed by atoms with Crippen molar-refractivity contribution in [3.63, 3.8) is 0 Å². The maximum Gasteiger partial charge on any atom is 0.243 e. The fourth-order valence-corrected chi connectivity index (χ4v) is 5.06. The lowest BCUT2D eigenvalue weighted by Crippen LogP contribution is -2.31. The Labute approximate surface area is 175 Å². The zero-order chi connectivity index (χ0) is 20.5. The Balaban J connectivity index is 1.37. The minimum atomic E-state index is -3.41. The van der Waals surface area contributed by atoms with Gasteiger partial charge in [-0.1, -0.05) is 25.0 Å². The molecule has 2 fully saturated rings. The van der Waals surface area contributed by atoms with Crippen LogP contribution in [0, 0.1) is 5.92 Å². The number of amides is 1. The van der Waals surface area contributed by atoms with E-state index in [1.165, 1.54) is 12.8 Å². The minimum absolute atomic E-state index is 0.0217. The lowest BCUT2D eigenvalue weighted by molar-refractivity contribution is -0.121. The van der Waals surface area contributed by atoms with Gasteiger partial charge < -0.3 is 10.1 Å². The molecule has 0 aromatic heterocycles. The van der Waals surface area contributed by atoms with Crippen molar-refractivity contribution >= 4 is 15.9 Å². The summed E-state index contributed by atoms with van der Waals surface area (Å²) in [5, 5.41) is 2.92. The molecule has 7 heteroatoms. The number of nitrogens with zero attached hydrogens (tertiary/aromatic N) is 1. The predicted octanol–water partition coefficient (Wildman–Crippen LogP) is 3.12. The smallest absolute Gasteiger partial charge is 0.243 e. The first-order chi connectivity index (χ1) is 14.1. The molecule has 1 aliphatic heterocycles. The molecule has 1 heterocycles. The number of carbonyl (C=O) groups excluding carboxylic acids is 1. The minimum Gasteiger partial charge on any atom is -0.381 e. The van der Waals surface area contributed by atoms with Crippen LogP contribution < -0.4 is 5.32 Å². The van der Waals surface area contributed by atoms with E-state index in [4.69, 9.17) is 4.74 Å². The molecule has 1 saturated carbocycles. The van der Waals surface area contributed by atoms with Crippen LogP contribution in [0.15, 0.2) is 29.2 Å². The summed E-state index contributed by atoms with van der Waals surface area (Å²) in [6.45, 7) is 3.41. The number of hydrogen-bond acceptors (Lipinski definition) is 4. The first-order valence-corrected chi connectivity index (χ1v) is 12.4. The summed E-state index contributed by atoms with van der Waals surface area (Å²) < 4.78 is 32.8. The van der Waals surface area contributed by atoms with Crippen LogP contribution in [-0.4, -0.2) is 51.5 Å². The lowest BCUT2D eigenvalue weighted by Gasteiger charge is -2.20. The lowest BCUT2D eigenvalue weighted by atomic mass is 10.1. The maximum absolute atomic E-state index is 12.8. The summed E-state index contributed by atoms with van der Waals surface area (Å²) in [4.78, 5) is 12.3. The van der Waals surface area contributed by atoms with Crippen LogP contribution in [-0.2, 0) is 26.0 Å². The van der Waals surface area contributed by atoms with Crippen LogP contribution >= 0.6 is 0 Å². The largest absolute Gasteiger partial charge is 0.381 e. The van der Waals surface area contributed by atoms with Gasteiger partial charge in [0, 0.05) is 39.3 Å². The van der Waals surface area contributed by atoms with Crippen molar-refractivity contribution in [2.45, 2.75) is 62.7 Å². The zero-order valence-electron chi connectivity index (χ0n) is 17.3. The predicted molar refractivity (Wildman–Crippen MR) is 113 cm³/mol. The van der Waals surface area contributed by atoms with Crippen LogP contribution in [0.3, 0.4) is 0 Å². The summed E-state index contributed by atoms with van der Waals surface area (Å²) in [6, 6.07) is 6.99. The third-order valence-corrected chi connectivity index (χ3v) is 7.52. The van der Waals surface area contributed by atoms with Crippen molar-refractivity contribution in [2.75, 3.05) is 32.8 Å². The van der Waals surface area contributed by atoms with E-state index in [0.717, 1.165) is 50.2 Å². The number of sulfonamides is 1. The van der Waals surface area contributed by atoms with Gasteiger partial charge in [-0.05, 0) is 62.1 Å². The van der Waals surface area contributed by atoms with Gasteiger partial charge in [-0.15, -0.1) is 0 Å². The molecule has 0 unspecified atom stereocenters. The number of benzene rings is 1. The molecule has 162 valence electrons. The summed E-state index contributed by atoms with van der Waals surface area (Å²) in [7, 11) is -3.41. The number of carbonyl (C=O) groups is 1. The normalized spacial score (nSPS) is 18.3. The van der Waals surface area contributed by atoms with Gasteiger partial charge in [-0.25, -0.2) is 8.42 Å². The molecule has 0 atom stereocenters. The molecule has 1 amide bonds. The molecule has 1 aliphatic carbocycles. The van der Waals surface area contributed by atoms with E-state index >= 15 is 0 Å². The zero-order valence-corrected chi connectivity index (χ0v) is 18.1. The standard InChI is InChI=1S/C22H34N2O4S/c25-22(23-14-5-17-28-18-20-6-7-20)13-10-19-8-11-21(12-9-19)29(26,27)24-15-3-1-2-4-16-24/h8-9,11-12,20H,1-7,10,13-18H2,(H,23,25). The highest BCUT2D eigenvalue weighted by Crippen LogP contribution is 2.28. The maximum atomic E-state index is 12.8. The molecule has 0 spiro atoms. The van der Waals surface area contributed by atoms with Gasteiger partial charge in [0.05, 0.1) is 4.90 Å². The van der Waals surface area contributed by atoms with Crippen LogP contribution in [0.2, 0.25) is 0 Å². The van der Waals surface area contributed by atoms with Crippen molar-refractivity contribution in [3.8, 4) is 0 Å². The van der Waals surface area contributed by atoms with Crippen LogP contribution in [0.4, 0.5) is 0 Å². The van der Waals surface area contributed by atoms with Crippen molar-refractivity contribution in [2.24, 2.45) is 5.92 Å². The Kier molecular flexibility index (Phi) is 8.51. The number of nitrogens with one attached hydrogen (secondary N) is 1. The Morgan fingerprint density at radius 2 is 1.76 bits per heavy atom. The second kappa shape index (κ2) is 11.1. The van der Waals surface area contributed by atoms with Crippen molar-refractivity contribution < 1.29 is 17.9 Å². The number of rotatable bonds is 11. The highest BCUT2D eigenvalue weighted by molar-refractivity contribution is 7.89. The summed E-state index contributed by atoms with van der Waals surface area (Å²) in [5.74, 6) is 0.795. The third-order valence-electron chi connectivity index (χ3n) is 5.60. The highest BCUT2D eigenvalue weighted by Gasteiger charge is 2.25. The van der Waals surface area contributed by atoms with Gasteiger partial charge in [0.25, 0.3) is 0 Å². The van der Waals surface area contributed by atoms with Gasteiger partial charge in [0.2, 0.25) is 15.9 Å². The van der Waals surface area contributed by atoms with Gasteiger partial charge in [0.15, 0.2) is 0 Å². The van der Waals surface area contributed by atoms with Gasteiger partial charge in [-0.2, -0.15) is 4.31 Å². The van der Waals surface area contributed by atoms with Crippen molar-refractivity contribution in [1.29, 1.82) is 0 Å². The molecule has 3 rings (SSSR count). The van der Waals surface area contributed by atoms with E-state index in [0.29, 0.717) is 44.0 Å². The van der Waals surface area contributed by atoms with Crippen molar-refractivity contribution in [3.05, 3.63) is 29.8 Å². The van der Waals surface area contributed by atoms with E-state index in [1.807, 2.05) is 12.1 Å². The number of ether oxygens (including phenoxy) is 1. The number of hydrogen-bond donors (Lipinski definition) is 1. The average Bonchev–Trinajstić information content (AvgIpc) is 3.56. The van der Waals surface area contributed by atoms with E-state index in [2.05, 4.69) is 5.32 Å². The van der Waals surface area contributed by atoms with E-state index < -0.39 is 10.0 Å². The topological polar surface area (TPSA) is 75.7 Å². The average molecular weight is 423 g/mol. The number of aryl methyl sites for hydroxylation is 1. The molecule has 2 aliphatic rings. The molecule has 1 N–H and O–H groups in total. The first-order valence-electron chi connectivity index (χ1n) is 11.0. The van der Waals surface area contributed by atoms with E-state index in [9.17, 15) is 13.2 Å². The Hall–Kier alpha value is -1.44. The second-order valence-electron chi connectivity index (χ2n) is 8.18. The second-order valence-corrected chi connectivity index (χ2v) is 10.1. The van der Waals surface area contributed by atoms with Gasteiger partial charge in [0.1, 0.15) is 0 Å². The molecule has 1 aromatic carbocycles. The monoisotopic (exact) mass is 422 g/mol. The van der Waals surface area contributed by atoms with Crippen LogP contribution in [0.5, 0.6) is 0 Å². The first kappa shape index (κ1) is 22.2. The Morgan fingerprint density at radius 3 is 2.41 bits per heavy atom. The SMILES string of the molecule is O=C(CCc1ccc(S(=O)(=O)N2CCCCCC2)cc1)NCCCOCC1CC1. The van der Waals surface area contributed by atoms with Crippen molar-refractivity contribution in [1.82, 2.24) is 9.62 Å². The molecular weight excluding hydrogens is 388 g/mol. The molecular formula is C22H34N2O4S. The Bertz CT molecular complexity index is 737. The fourth-order valence-electron chi connectivity index (χ4n) is 3.54. The Morgan fingerprint density at radius 1 is 1.07 bits per heavy atom. The van der Waals surface area contributed by atoms with Crippen LogP contribution in [0.1, 0.15) is 56.9 Å². The van der Waals surface area contributed by atoms with E-state index in [1.54, 1.807) is 16.4 Å². The van der Waals surface area contributed by atoms with Gasteiger partial charge in [-0.3, -0.25) is 4.79 Å².